The maximum Gasteiger partial charge on any atom is 0.270 e. The van der Waals surface area contributed by atoms with Crippen molar-refractivity contribution in [2.24, 2.45) is 0 Å². The number of hydrogen-bond donors (Lipinski definition) is 2. The molecule has 3 N–H and O–H groups in total. The van der Waals surface area contributed by atoms with Crippen LogP contribution < -0.4 is 11.1 Å². The summed E-state index contributed by atoms with van der Waals surface area (Å²) < 4.78 is 5.85. The highest BCUT2D eigenvalue weighted by Crippen LogP contribution is 2.28. The molecule has 0 spiro atoms. The minimum atomic E-state index is 0.246. The van der Waals surface area contributed by atoms with Crippen molar-refractivity contribution < 1.29 is 4.42 Å². The molecule has 146 valence electrons. The molecule has 0 amide bonds. The normalized spacial score (nSPS) is 11.0. The summed E-state index contributed by atoms with van der Waals surface area (Å²) in [5.74, 6) is 0.907. The molecule has 0 saturated heterocycles. The Balaban J connectivity index is 1.62. The minimum absolute atomic E-state index is 0.246. The number of benzene rings is 2. The summed E-state index contributed by atoms with van der Waals surface area (Å²) >= 11 is 0. The van der Waals surface area contributed by atoms with Crippen molar-refractivity contribution in [2.75, 3.05) is 12.3 Å². The van der Waals surface area contributed by atoms with Crippen molar-refractivity contribution in [1.29, 1.82) is 0 Å². The van der Waals surface area contributed by atoms with Gasteiger partial charge in [-0.15, -0.1) is 10.2 Å². The van der Waals surface area contributed by atoms with Crippen molar-refractivity contribution in [1.82, 2.24) is 25.5 Å². The lowest BCUT2D eigenvalue weighted by Gasteiger charge is -2.05. The number of nitrogens with one attached hydrogen (secondary N) is 1. The smallest absolute Gasteiger partial charge is 0.270 e. The van der Waals surface area contributed by atoms with Crippen LogP contribution >= 0.6 is 0 Å². The van der Waals surface area contributed by atoms with Crippen LogP contribution in [0, 0.1) is 6.92 Å². The number of anilines is 1. The third-order valence-corrected chi connectivity index (χ3v) is 4.56. The van der Waals surface area contributed by atoms with Gasteiger partial charge in [-0.25, -0.2) is 9.97 Å². The first-order valence-corrected chi connectivity index (χ1v) is 9.47. The third kappa shape index (κ3) is 4.14. The summed E-state index contributed by atoms with van der Waals surface area (Å²) in [7, 11) is 0. The molecule has 2 aromatic heterocycles. The molecule has 4 aromatic rings. The molecule has 2 heterocycles. The molecule has 0 atom stereocenters. The van der Waals surface area contributed by atoms with Gasteiger partial charge in [-0.05, 0) is 31.2 Å². The predicted molar refractivity (Wildman–Crippen MR) is 113 cm³/mol. The lowest BCUT2D eigenvalue weighted by molar-refractivity contribution is 0.582. The average molecular weight is 386 g/mol. The quantitative estimate of drug-likeness (QED) is 0.518. The molecule has 7 heteroatoms. The van der Waals surface area contributed by atoms with E-state index in [1.807, 2.05) is 55.5 Å². The van der Waals surface area contributed by atoms with E-state index in [-0.39, 0.29) is 11.7 Å². The molecule has 7 nitrogen and oxygen atoms in total. The molecule has 0 bridgehead atoms. The van der Waals surface area contributed by atoms with Crippen LogP contribution in [0.1, 0.15) is 18.1 Å². The topological polar surface area (TPSA) is 103 Å². The second-order valence-electron chi connectivity index (χ2n) is 6.74. The molecule has 0 saturated carbocycles. The van der Waals surface area contributed by atoms with Crippen LogP contribution in [0.4, 0.5) is 5.82 Å². The zero-order chi connectivity index (χ0) is 20.2. The molecule has 0 aliphatic rings. The van der Waals surface area contributed by atoms with E-state index in [2.05, 4.69) is 32.4 Å². The zero-order valence-corrected chi connectivity index (χ0v) is 16.4. The van der Waals surface area contributed by atoms with E-state index in [9.17, 15) is 0 Å². The molecule has 0 aliphatic heterocycles. The van der Waals surface area contributed by atoms with E-state index in [0.717, 1.165) is 24.2 Å². The van der Waals surface area contributed by atoms with Crippen LogP contribution in [-0.2, 0) is 6.54 Å². The van der Waals surface area contributed by atoms with Crippen LogP contribution in [0.5, 0.6) is 0 Å². The van der Waals surface area contributed by atoms with Crippen molar-refractivity contribution in [3.63, 3.8) is 0 Å². The van der Waals surface area contributed by atoms with Crippen LogP contribution in [0.25, 0.3) is 34.3 Å². The highest BCUT2D eigenvalue weighted by Gasteiger charge is 2.16. The van der Waals surface area contributed by atoms with Crippen molar-refractivity contribution in [3.05, 3.63) is 65.9 Å². The van der Waals surface area contributed by atoms with Crippen LogP contribution in [-0.4, -0.2) is 26.7 Å². The first-order chi connectivity index (χ1) is 14.1. The molecule has 2 aromatic carbocycles. The van der Waals surface area contributed by atoms with E-state index in [1.165, 1.54) is 11.1 Å². The highest BCUT2D eigenvalue weighted by molar-refractivity contribution is 5.68. The summed E-state index contributed by atoms with van der Waals surface area (Å²) in [5.41, 5.74) is 11.3. The van der Waals surface area contributed by atoms with Gasteiger partial charge < -0.3 is 15.5 Å². The van der Waals surface area contributed by atoms with Gasteiger partial charge in [-0.3, -0.25) is 0 Å². The molecule has 0 radical (unpaired) electrons. The predicted octanol–water partition coefficient (Wildman–Crippen LogP) is 3.86. The maximum absolute atomic E-state index is 6.03. The van der Waals surface area contributed by atoms with E-state index in [1.54, 1.807) is 6.20 Å². The number of aromatic nitrogens is 4. The molecular formula is C22H22N6O. The standard InChI is InChI=1S/C22H22N6O/c1-3-24-12-15-6-10-17(11-7-15)21-27-28-22(29-21)19-20(23)25-13-18(26-19)16-8-4-14(2)5-9-16/h4-11,13,24H,3,12H2,1-2H3,(H2,23,25). The minimum Gasteiger partial charge on any atom is -0.414 e. The van der Waals surface area contributed by atoms with Crippen LogP contribution in [0.15, 0.2) is 59.1 Å². The lowest BCUT2D eigenvalue weighted by Crippen LogP contribution is -2.11. The number of aryl methyl sites for hydroxylation is 1. The number of nitrogens with zero attached hydrogens (tertiary/aromatic N) is 4. The van der Waals surface area contributed by atoms with Gasteiger partial charge in [0.25, 0.3) is 5.89 Å². The van der Waals surface area contributed by atoms with Crippen molar-refractivity contribution >= 4 is 5.82 Å². The molecular weight excluding hydrogens is 364 g/mol. The second kappa shape index (κ2) is 8.20. The summed E-state index contributed by atoms with van der Waals surface area (Å²) in [6.07, 6.45) is 1.64. The van der Waals surface area contributed by atoms with Gasteiger partial charge in [0.15, 0.2) is 11.5 Å². The molecule has 29 heavy (non-hydrogen) atoms. The average Bonchev–Trinajstić information content (AvgIpc) is 3.24. The zero-order valence-electron chi connectivity index (χ0n) is 16.4. The number of hydrogen-bond acceptors (Lipinski definition) is 7. The Kier molecular flexibility index (Phi) is 5.31. The largest absolute Gasteiger partial charge is 0.414 e. The summed E-state index contributed by atoms with van der Waals surface area (Å²) in [4.78, 5) is 8.86. The fraction of sp³-hybridized carbons (Fsp3) is 0.182. The van der Waals surface area contributed by atoms with Gasteiger partial charge in [0.2, 0.25) is 5.89 Å². The maximum atomic E-state index is 6.03. The second-order valence-corrected chi connectivity index (χ2v) is 6.74. The van der Waals surface area contributed by atoms with Crippen LogP contribution in [0.2, 0.25) is 0 Å². The van der Waals surface area contributed by atoms with E-state index < -0.39 is 0 Å². The van der Waals surface area contributed by atoms with E-state index >= 15 is 0 Å². The van der Waals surface area contributed by atoms with Gasteiger partial charge in [0, 0.05) is 17.7 Å². The van der Waals surface area contributed by atoms with Crippen LogP contribution in [0.3, 0.4) is 0 Å². The summed E-state index contributed by atoms with van der Waals surface area (Å²) in [6.45, 7) is 5.87. The Labute approximate surface area is 169 Å². The monoisotopic (exact) mass is 386 g/mol. The third-order valence-electron chi connectivity index (χ3n) is 4.56. The Bertz CT molecular complexity index is 1100. The Morgan fingerprint density at radius 3 is 2.34 bits per heavy atom. The summed E-state index contributed by atoms with van der Waals surface area (Å²) in [6, 6.07) is 16.0. The SMILES string of the molecule is CCNCc1ccc(-c2nnc(-c3nc(-c4ccc(C)cc4)cnc3N)o2)cc1. The Morgan fingerprint density at radius 1 is 0.931 bits per heavy atom. The van der Waals surface area contributed by atoms with Gasteiger partial charge in [0.05, 0.1) is 11.9 Å². The molecule has 0 unspecified atom stereocenters. The number of nitrogens with two attached hydrogens (primary N) is 1. The molecule has 0 fully saturated rings. The van der Waals surface area contributed by atoms with Crippen molar-refractivity contribution in [2.45, 2.75) is 20.4 Å². The van der Waals surface area contributed by atoms with Crippen molar-refractivity contribution in [3.8, 4) is 34.3 Å². The van der Waals surface area contributed by atoms with Gasteiger partial charge >= 0.3 is 0 Å². The Hall–Kier alpha value is -3.58. The first kappa shape index (κ1) is 18.8. The van der Waals surface area contributed by atoms with E-state index in [4.69, 9.17) is 10.2 Å². The first-order valence-electron chi connectivity index (χ1n) is 9.47. The van der Waals surface area contributed by atoms with Gasteiger partial charge in [0.1, 0.15) is 0 Å². The Morgan fingerprint density at radius 2 is 1.62 bits per heavy atom. The van der Waals surface area contributed by atoms with Gasteiger partial charge in [-0.2, -0.15) is 0 Å². The molecule has 0 aliphatic carbocycles. The van der Waals surface area contributed by atoms with Gasteiger partial charge in [-0.1, -0.05) is 48.9 Å². The lowest BCUT2D eigenvalue weighted by atomic mass is 10.1. The van der Waals surface area contributed by atoms with E-state index in [0.29, 0.717) is 17.3 Å². The number of nitrogen functional groups attached to an aromatic ring is 1. The fourth-order valence-corrected chi connectivity index (χ4v) is 2.89. The number of rotatable bonds is 6. The highest BCUT2D eigenvalue weighted by atomic mass is 16.4. The molecule has 4 rings (SSSR count). The fourth-order valence-electron chi connectivity index (χ4n) is 2.89. The summed E-state index contributed by atoms with van der Waals surface area (Å²) in [5, 5.41) is 11.6.